The average molecular weight is 392 g/mol. The van der Waals surface area contributed by atoms with E-state index in [4.69, 9.17) is 21.1 Å². The van der Waals surface area contributed by atoms with Crippen molar-refractivity contribution in [2.75, 3.05) is 32.6 Å². The summed E-state index contributed by atoms with van der Waals surface area (Å²) in [7, 11) is 1.59. The van der Waals surface area contributed by atoms with Crippen LogP contribution < -0.4 is 9.47 Å². The molecule has 1 fully saturated rings. The number of para-hydroxylation sites is 2. The highest BCUT2D eigenvalue weighted by atomic mass is 35.5. The summed E-state index contributed by atoms with van der Waals surface area (Å²) in [5.74, 6) is 2.10. The molecule has 3 rings (SSSR count). The lowest BCUT2D eigenvalue weighted by Crippen LogP contribution is -2.36. The van der Waals surface area contributed by atoms with Crippen LogP contribution in [-0.2, 0) is 4.79 Å². The highest BCUT2D eigenvalue weighted by molar-refractivity contribution is 7.99. The molecule has 2 aromatic carbocycles. The second-order valence-electron chi connectivity index (χ2n) is 5.99. The lowest BCUT2D eigenvalue weighted by molar-refractivity contribution is -0.133. The zero-order valence-corrected chi connectivity index (χ0v) is 16.3. The van der Waals surface area contributed by atoms with Crippen molar-refractivity contribution in [3.63, 3.8) is 0 Å². The van der Waals surface area contributed by atoms with Crippen LogP contribution >= 0.6 is 23.4 Å². The van der Waals surface area contributed by atoms with Gasteiger partial charge in [0.2, 0.25) is 0 Å². The fourth-order valence-electron chi connectivity index (χ4n) is 2.97. The average Bonchev–Trinajstić information content (AvgIpc) is 2.93. The van der Waals surface area contributed by atoms with Gasteiger partial charge in [-0.15, -0.1) is 0 Å². The smallest absolute Gasteiger partial charge is 0.260 e. The standard InChI is InChI=1S/C20H22ClNO3S/c1-24-17-8-4-5-9-18(17)25-14-20(23)22-11-10-19(26-13-12-22)15-6-2-3-7-16(15)21/h2-9,19H,10-14H2,1H3. The maximum atomic E-state index is 12.6. The molecule has 0 N–H and O–H groups in total. The quantitative estimate of drug-likeness (QED) is 0.755. The minimum atomic E-state index is -0.00341. The highest BCUT2D eigenvalue weighted by Crippen LogP contribution is 2.37. The van der Waals surface area contributed by atoms with Crippen LogP contribution in [0.3, 0.4) is 0 Å². The van der Waals surface area contributed by atoms with E-state index in [-0.39, 0.29) is 12.5 Å². The molecule has 1 amide bonds. The van der Waals surface area contributed by atoms with Gasteiger partial charge in [-0.05, 0) is 30.2 Å². The lowest BCUT2D eigenvalue weighted by Gasteiger charge is -2.21. The minimum absolute atomic E-state index is 0.00341. The summed E-state index contributed by atoms with van der Waals surface area (Å²) in [5.41, 5.74) is 1.15. The molecular formula is C20H22ClNO3S. The van der Waals surface area contributed by atoms with Gasteiger partial charge in [0.1, 0.15) is 0 Å². The van der Waals surface area contributed by atoms with Crippen molar-refractivity contribution in [1.82, 2.24) is 4.90 Å². The third kappa shape index (κ3) is 4.65. The van der Waals surface area contributed by atoms with E-state index in [0.717, 1.165) is 29.3 Å². The molecule has 0 bridgehead atoms. The molecule has 1 aliphatic heterocycles. The van der Waals surface area contributed by atoms with Crippen LogP contribution in [-0.4, -0.2) is 43.4 Å². The number of amides is 1. The molecule has 26 heavy (non-hydrogen) atoms. The van der Waals surface area contributed by atoms with Crippen LogP contribution in [0.2, 0.25) is 5.02 Å². The molecule has 0 aliphatic carbocycles. The van der Waals surface area contributed by atoms with Gasteiger partial charge in [0.15, 0.2) is 18.1 Å². The summed E-state index contributed by atoms with van der Waals surface area (Å²) in [6.45, 7) is 1.44. The van der Waals surface area contributed by atoms with Crippen LogP contribution in [0, 0.1) is 0 Å². The number of thioether (sulfide) groups is 1. The first-order valence-corrected chi connectivity index (χ1v) is 10.0. The van der Waals surface area contributed by atoms with Crippen molar-refractivity contribution >= 4 is 29.3 Å². The first-order chi connectivity index (χ1) is 12.7. The summed E-state index contributed by atoms with van der Waals surface area (Å²) in [5, 5.41) is 1.11. The van der Waals surface area contributed by atoms with Crippen molar-refractivity contribution in [3.05, 3.63) is 59.1 Å². The molecule has 2 aromatic rings. The zero-order chi connectivity index (χ0) is 18.4. The molecule has 4 nitrogen and oxygen atoms in total. The first-order valence-electron chi connectivity index (χ1n) is 8.58. The maximum Gasteiger partial charge on any atom is 0.260 e. The van der Waals surface area contributed by atoms with Crippen molar-refractivity contribution in [3.8, 4) is 11.5 Å². The summed E-state index contributed by atoms with van der Waals surface area (Å²) < 4.78 is 10.9. The van der Waals surface area contributed by atoms with E-state index in [9.17, 15) is 4.79 Å². The molecule has 6 heteroatoms. The minimum Gasteiger partial charge on any atom is -0.493 e. The van der Waals surface area contributed by atoms with Gasteiger partial charge >= 0.3 is 0 Å². The number of rotatable bonds is 5. The second-order valence-corrected chi connectivity index (χ2v) is 7.71. The summed E-state index contributed by atoms with van der Waals surface area (Å²) in [6, 6.07) is 15.3. The van der Waals surface area contributed by atoms with Crippen LogP contribution in [0.1, 0.15) is 17.2 Å². The molecule has 1 saturated heterocycles. The molecule has 0 spiro atoms. The second kappa shape index (κ2) is 9.19. The third-order valence-electron chi connectivity index (χ3n) is 4.37. The van der Waals surface area contributed by atoms with Gasteiger partial charge in [0.25, 0.3) is 5.91 Å². The number of ether oxygens (including phenoxy) is 2. The molecule has 1 atom stereocenters. The maximum absolute atomic E-state index is 12.6. The van der Waals surface area contributed by atoms with E-state index in [2.05, 4.69) is 6.07 Å². The third-order valence-corrected chi connectivity index (χ3v) is 6.02. The Morgan fingerprint density at radius 1 is 1.15 bits per heavy atom. The van der Waals surface area contributed by atoms with Gasteiger partial charge in [-0.3, -0.25) is 4.79 Å². The Labute approximate surface area is 163 Å². The summed E-state index contributed by atoms with van der Waals surface area (Å²) >= 11 is 8.18. The van der Waals surface area contributed by atoms with Gasteiger partial charge in [-0.1, -0.05) is 41.9 Å². The predicted octanol–water partition coefficient (Wildman–Crippen LogP) is 4.43. The highest BCUT2D eigenvalue weighted by Gasteiger charge is 2.23. The normalized spacial score (nSPS) is 17.5. The molecule has 1 aliphatic rings. The number of nitrogens with zero attached hydrogens (tertiary/aromatic N) is 1. The molecule has 1 heterocycles. The topological polar surface area (TPSA) is 38.8 Å². The van der Waals surface area contributed by atoms with Crippen LogP contribution in [0.4, 0.5) is 0 Å². The number of halogens is 1. The van der Waals surface area contributed by atoms with Crippen molar-refractivity contribution < 1.29 is 14.3 Å². The van der Waals surface area contributed by atoms with Crippen LogP contribution in [0.5, 0.6) is 11.5 Å². The molecule has 1 unspecified atom stereocenters. The van der Waals surface area contributed by atoms with E-state index in [0.29, 0.717) is 23.3 Å². The number of benzene rings is 2. The fraction of sp³-hybridized carbons (Fsp3) is 0.350. The van der Waals surface area contributed by atoms with Crippen LogP contribution in [0.25, 0.3) is 0 Å². The van der Waals surface area contributed by atoms with Crippen LogP contribution in [0.15, 0.2) is 48.5 Å². The molecule has 0 saturated carbocycles. The monoisotopic (exact) mass is 391 g/mol. The Bertz CT molecular complexity index is 755. The van der Waals surface area contributed by atoms with Gasteiger partial charge in [-0.2, -0.15) is 11.8 Å². The first kappa shape index (κ1) is 18.9. The fourth-order valence-corrected chi connectivity index (χ4v) is 4.57. The molecule has 0 aromatic heterocycles. The van der Waals surface area contributed by atoms with E-state index in [1.165, 1.54) is 0 Å². The van der Waals surface area contributed by atoms with Gasteiger partial charge in [0.05, 0.1) is 7.11 Å². The number of hydrogen-bond donors (Lipinski definition) is 0. The lowest BCUT2D eigenvalue weighted by atomic mass is 10.1. The number of hydrogen-bond acceptors (Lipinski definition) is 4. The summed E-state index contributed by atoms with van der Waals surface area (Å²) in [6.07, 6.45) is 0.884. The number of methoxy groups -OCH3 is 1. The molecule has 138 valence electrons. The number of carbonyl (C=O) groups is 1. The largest absolute Gasteiger partial charge is 0.493 e. The van der Waals surface area contributed by atoms with Crippen molar-refractivity contribution in [1.29, 1.82) is 0 Å². The van der Waals surface area contributed by atoms with Gasteiger partial charge < -0.3 is 14.4 Å². The predicted molar refractivity (Wildman–Crippen MR) is 106 cm³/mol. The Kier molecular flexibility index (Phi) is 6.69. The number of carbonyl (C=O) groups excluding carboxylic acids is 1. The summed E-state index contributed by atoms with van der Waals surface area (Å²) in [4.78, 5) is 14.4. The van der Waals surface area contributed by atoms with Gasteiger partial charge in [-0.25, -0.2) is 0 Å². The van der Waals surface area contributed by atoms with E-state index >= 15 is 0 Å². The van der Waals surface area contributed by atoms with E-state index in [1.807, 2.05) is 53.1 Å². The van der Waals surface area contributed by atoms with Gasteiger partial charge in [0, 0.05) is 29.1 Å². The Hall–Kier alpha value is -1.85. The SMILES string of the molecule is COc1ccccc1OCC(=O)N1CCSC(c2ccccc2Cl)CC1. The molecule has 0 radical (unpaired) electrons. The zero-order valence-electron chi connectivity index (χ0n) is 14.7. The Morgan fingerprint density at radius 3 is 2.65 bits per heavy atom. The van der Waals surface area contributed by atoms with Crippen molar-refractivity contribution in [2.24, 2.45) is 0 Å². The van der Waals surface area contributed by atoms with E-state index in [1.54, 1.807) is 13.2 Å². The molecular weight excluding hydrogens is 370 g/mol. The van der Waals surface area contributed by atoms with Crippen molar-refractivity contribution in [2.45, 2.75) is 11.7 Å². The Balaban J connectivity index is 1.57. The van der Waals surface area contributed by atoms with E-state index < -0.39 is 0 Å². The Morgan fingerprint density at radius 2 is 1.88 bits per heavy atom.